The number of methoxy groups -OCH3 is 1. The van der Waals surface area contributed by atoms with E-state index in [-0.39, 0.29) is 0 Å². The Hall–Kier alpha value is -2.16. The molecular formula is C29H30IOP. The molecule has 0 unspecified atom stereocenters. The fraction of sp³-hybridized carbons (Fsp3) is 0.172. The molecule has 0 aliphatic rings. The third-order valence-electron chi connectivity index (χ3n) is 6.36. The monoisotopic (exact) mass is 552 g/mol. The Bertz CT molecular complexity index is 1080. The third-order valence-corrected chi connectivity index (χ3v) is 17.5. The minimum absolute atomic E-state index is 0.892. The molecular weight excluding hydrogens is 522 g/mol. The van der Waals surface area contributed by atoms with Crippen molar-refractivity contribution in [1.29, 1.82) is 0 Å². The van der Waals surface area contributed by atoms with E-state index in [2.05, 4.69) is 140 Å². The van der Waals surface area contributed by atoms with Crippen molar-refractivity contribution in [1.82, 2.24) is 0 Å². The second kappa shape index (κ2) is 9.00. The molecule has 0 atom stereocenters. The zero-order chi connectivity index (χ0) is 22.8. The van der Waals surface area contributed by atoms with Crippen molar-refractivity contribution in [2.24, 2.45) is 0 Å². The summed E-state index contributed by atoms with van der Waals surface area (Å²) in [4.78, 5) is 0. The molecule has 0 N–H and O–H groups in total. The minimum atomic E-state index is -2.85. The fourth-order valence-electron chi connectivity index (χ4n) is 4.36. The first-order valence-corrected chi connectivity index (χ1v) is 16.1. The van der Waals surface area contributed by atoms with E-state index >= 15 is 0 Å². The molecule has 0 fully saturated rings. The molecule has 32 heavy (non-hydrogen) atoms. The summed E-state index contributed by atoms with van der Waals surface area (Å²) in [5.74, 6) is 0.892. The van der Waals surface area contributed by atoms with E-state index in [4.69, 9.17) is 4.74 Å². The molecule has 0 saturated carbocycles. The standard InChI is InChI=1S/C29H30IOP/c1-22-5-15-27(16-6-22)32(30,28-17-7-23(2)8-18-28,29-19-9-24(3)10-20-29)21-25-11-13-26(31-4)14-12-25/h5-20H,21H2,1-4H3. The number of halogens is 1. The quantitative estimate of drug-likeness (QED) is 0.185. The molecule has 0 saturated heterocycles. The predicted octanol–water partition coefficient (Wildman–Crippen LogP) is 7.00. The van der Waals surface area contributed by atoms with Gasteiger partial charge < -0.3 is 0 Å². The van der Waals surface area contributed by atoms with Gasteiger partial charge in [0.2, 0.25) is 0 Å². The molecule has 4 aromatic rings. The van der Waals surface area contributed by atoms with Crippen LogP contribution in [0.2, 0.25) is 0 Å². The summed E-state index contributed by atoms with van der Waals surface area (Å²) in [6.07, 6.45) is 0.950. The molecule has 0 radical (unpaired) electrons. The van der Waals surface area contributed by atoms with Crippen LogP contribution in [0, 0.1) is 20.8 Å². The van der Waals surface area contributed by atoms with E-state index in [1.165, 1.54) is 38.2 Å². The van der Waals surface area contributed by atoms with Crippen LogP contribution < -0.4 is 20.7 Å². The van der Waals surface area contributed by atoms with Crippen LogP contribution in [-0.4, -0.2) is 7.11 Å². The molecule has 164 valence electrons. The number of hydrogen-bond acceptors (Lipinski definition) is 1. The van der Waals surface area contributed by atoms with E-state index in [1.807, 2.05) is 0 Å². The van der Waals surface area contributed by atoms with Gasteiger partial charge in [-0.15, -0.1) is 0 Å². The van der Waals surface area contributed by atoms with Gasteiger partial charge in [0.25, 0.3) is 0 Å². The fourth-order valence-corrected chi connectivity index (χ4v) is 13.1. The number of aryl methyl sites for hydroxylation is 3. The molecule has 0 aromatic heterocycles. The van der Waals surface area contributed by atoms with E-state index in [1.54, 1.807) is 7.11 Å². The second-order valence-corrected chi connectivity index (χ2v) is 19.3. The Morgan fingerprint density at radius 2 is 0.906 bits per heavy atom. The van der Waals surface area contributed by atoms with E-state index in [0.717, 1.165) is 11.9 Å². The van der Waals surface area contributed by atoms with Gasteiger partial charge in [-0.2, -0.15) is 0 Å². The Kier molecular flexibility index (Phi) is 6.47. The Balaban J connectivity index is 2.06. The van der Waals surface area contributed by atoms with Crippen molar-refractivity contribution >= 4 is 42.2 Å². The summed E-state index contributed by atoms with van der Waals surface area (Å²) in [5.41, 5.74) is 5.17. The molecule has 4 aromatic carbocycles. The van der Waals surface area contributed by atoms with Crippen molar-refractivity contribution in [2.45, 2.75) is 26.9 Å². The van der Waals surface area contributed by atoms with Gasteiger partial charge in [-0.3, -0.25) is 0 Å². The number of ether oxygens (including phenoxy) is 1. The van der Waals surface area contributed by atoms with Crippen LogP contribution in [0.4, 0.5) is 0 Å². The molecule has 4 rings (SSSR count). The summed E-state index contributed by atoms with van der Waals surface area (Å²) >= 11 is 2.86. The van der Waals surface area contributed by atoms with Crippen molar-refractivity contribution in [3.8, 4) is 5.75 Å². The molecule has 0 aliphatic heterocycles. The van der Waals surface area contributed by atoms with Gasteiger partial charge in [0.1, 0.15) is 0 Å². The van der Waals surface area contributed by atoms with Crippen LogP contribution >= 0.6 is 26.3 Å². The van der Waals surface area contributed by atoms with Gasteiger partial charge in [-0.05, 0) is 0 Å². The molecule has 1 nitrogen and oxygen atoms in total. The summed E-state index contributed by atoms with van der Waals surface area (Å²) in [6, 6.07) is 36.2. The first-order valence-electron chi connectivity index (χ1n) is 10.9. The van der Waals surface area contributed by atoms with Crippen LogP contribution in [0.3, 0.4) is 0 Å². The predicted molar refractivity (Wildman–Crippen MR) is 150 cm³/mol. The molecule has 0 amide bonds. The maximum absolute atomic E-state index is 5.43. The summed E-state index contributed by atoms with van der Waals surface area (Å²) in [5, 5.41) is 4.22. The van der Waals surface area contributed by atoms with Crippen molar-refractivity contribution in [3.63, 3.8) is 0 Å². The van der Waals surface area contributed by atoms with Crippen molar-refractivity contribution in [2.75, 3.05) is 7.11 Å². The van der Waals surface area contributed by atoms with E-state index in [9.17, 15) is 0 Å². The van der Waals surface area contributed by atoms with Crippen LogP contribution in [0.1, 0.15) is 22.3 Å². The Morgan fingerprint density at radius 3 is 1.22 bits per heavy atom. The van der Waals surface area contributed by atoms with Crippen LogP contribution in [0.15, 0.2) is 97.1 Å². The van der Waals surface area contributed by atoms with Crippen LogP contribution in [0.25, 0.3) is 0 Å². The van der Waals surface area contributed by atoms with Gasteiger partial charge in [0.05, 0.1) is 0 Å². The SMILES string of the molecule is COc1ccc(CP(I)(c2ccc(C)cc2)(c2ccc(C)cc2)c2ccc(C)cc2)cc1. The third kappa shape index (κ3) is 4.11. The topological polar surface area (TPSA) is 9.23 Å². The summed E-state index contributed by atoms with van der Waals surface area (Å²) < 4.78 is 2.57. The average Bonchev–Trinajstić information content (AvgIpc) is 2.81. The molecule has 3 heteroatoms. The van der Waals surface area contributed by atoms with Gasteiger partial charge in [-0.25, -0.2) is 0 Å². The molecule has 0 spiro atoms. The zero-order valence-corrected chi connectivity index (χ0v) is 22.2. The summed E-state index contributed by atoms with van der Waals surface area (Å²) in [6.45, 7) is 6.48. The van der Waals surface area contributed by atoms with Gasteiger partial charge >= 0.3 is 206 Å². The van der Waals surface area contributed by atoms with Gasteiger partial charge in [0, 0.05) is 0 Å². The molecule has 0 aliphatic carbocycles. The first-order chi connectivity index (χ1) is 15.3. The Labute approximate surface area is 205 Å². The molecule has 0 heterocycles. The second-order valence-electron chi connectivity index (χ2n) is 8.70. The maximum atomic E-state index is 5.43. The average molecular weight is 552 g/mol. The normalized spacial score (nSPS) is 12.7. The molecule has 0 bridgehead atoms. The van der Waals surface area contributed by atoms with Crippen molar-refractivity contribution < 1.29 is 4.74 Å². The van der Waals surface area contributed by atoms with Crippen LogP contribution in [-0.2, 0) is 6.16 Å². The van der Waals surface area contributed by atoms with Gasteiger partial charge in [-0.1, -0.05) is 0 Å². The van der Waals surface area contributed by atoms with E-state index in [0.29, 0.717) is 0 Å². The Morgan fingerprint density at radius 1 is 0.562 bits per heavy atom. The first kappa shape index (κ1) is 23.0. The number of benzene rings is 4. The van der Waals surface area contributed by atoms with Crippen LogP contribution in [0.5, 0.6) is 5.75 Å². The number of hydrogen-bond donors (Lipinski definition) is 0. The van der Waals surface area contributed by atoms with E-state index < -0.39 is 4.25 Å². The zero-order valence-electron chi connectivity index (χ0n) is 19.2. The summed E-state index contributed by atoms with van der Waals surface area (Å²) in [7, 11) is 1.72. The van der Waals surface area contributed by atoms with Gasteiger partial charge in [0.15, 0.2) is 0 Å². The van der Waals surface area contributed by atoms with Crippen molar-refractivity contribution in [3.05, 3.63) is 119 Å². The number of rotatable bonds is 6.